The van der Waals surface area contributed by atoms with Gasteiger partial charge in [0.1, 0.15) is 5.82 Å². The third-order valence-corrected chi connectivity index (χ3v) is 3.90. The fraction of sp³-hybridized carbons (Fsp3) is 0.533. The summed E-state index contributed by atoms with van der Waals surface area (Å²) in [6.07, 6.45) is 0. The number of para-hydroxylation sites is 1. The Balaban J connectivity index is 2.11. The molecule has 1 heterocycles. The quantitative estimate of drug-likeness (QED) is 0.643. The number of hydrogen-bond donors (Lipinski definition) is 2. The van der Waals surface area contributed by atoms with Gasteiger partial charge >= 0.3 is 0 Å². The summed E-state index contributed by atoms with van der Waals surface area (Å²) in [6, 6.07) is 4.40. The lowest BCUT2D eigenvalue weighted by molar-refractivity contribution is 0.0451. The number of rotatable bonds is 2. The standard InChI is InChI=1S/C15H23FN4O/c1-15(2,3)20-9-7-19(8-10-20)14(21)11-5-4-6-12(16)13(11)18-17/h4-6,18H,7-10,17H2,1-3H3. The zero-order valence-corrected chi connectivity index (χ0v) is 12.8. The number of benzene rings is 1. The van der Waals surface area contributed by atoms with E-state index in [0.717, 1.165) is 13.1 Å². The fourth-order valence-electron chi connectivity index (χ4n) is 2.60. The summed E-state index contributed by atoms with van der Waals surface area (Å²) in [5.41, 5.74) is 2.71. The maximum absolute atomic E-state index is 13.7. The molecule has 0 aromatic heterocycles. The summed E-state index contributed by atoms with van der Waals surface area (Å²) in [7, 11) is 0. The van der Waals surface area contributed by atoms with Crippen molar-refractivity contribution in [1.29, 1.82) is 0 Å². The van der Waals surface area contributed by atoms with Crippen LogP contribution in [-0.2, 0) is 0 Å². The molecule has 0 bridgehead atoms. The van der Waals surface area contributed by atoms with Crippen LogP contribution in [0.25, 0.3) is 0 Å². The van der Waals surface area contributed by atoms with Crippen molar-refractivity contribution in [2.24, 2.45) is 5.84 Å². The Morgan fingerprint density at radius 3 is 2.38 bits per heavy atom. The van der Waals surface area contributed by atoms with Gasteiger partial charge in [-0.05, 0) is 32.9 Å². The zero-order valence-electron chi connectivity index (χ0n) is 12.8. The molecule has 1 saturated heterocycles. The van der Waals surface area contributed by atoms with Crippen molar-refractivity contribution in [3.63, 3.8) is 0 Å². The SMILES string of the molecule is CC(C)(C)N1CCN(C(=O)c2cccc(F)c2NN)CC1. The van der Waals surface area contributed by atoms with Gasteiger partial charge in [-0.3, -0.25) is 15.5 Å². The number of nitrogen functional groups attached to an aromatic ring is 1. The molecule has 2 rings (SSSR count). The second-order valence-corrected chi connectivity index (χ2v) is 6.26. The van der Waals surface area contributed by atoms with Gasteiger partial charge in [-0.25, -0.2) is 4.39 Å². The van der Waals surface area contributed by atoms with Crippen molar-refractivity contribution in [2.45, 2.75) is 26.3 Å². The van der Waals surface area contributed by atoms with Gasteiger partial charge in [0.2, 0.25) is 0 Å². The Bertz CT molecular complexity index is 519. The van der Waals surface area contributed by atoms with E-state index < -0.39 is 5.82 Å². The first-order valence-electron chi connectivity index (χ1n) is 7.14. The maximum atomic E-state index is 13.7. The molecule has 1 aliphatic rings. The van der Waals surface area contributed by atoms with Crippen LogP contribution in [-0.4, -0.2) is 47.4 Å². The molecule has 0 spiro atoms. The number of nitrogens with one attached hydrogen (secondary N) is 1. The van der Waals surface area contributed by atoms with Crippen molar-refractivity contribution < 1.29 is 9.18 Å². The van der Waals surface area contributed by atoms with E-state index in [4.69, 9.17) is 5.84 Å². The van der Waals surface area contributed by atoms with Gasteiger partial charge in [-0.15, -0.1) is 0 Å². The highest BCUT2D eigenvalue weighted by molar-refractivity contribution is 5.99. The number of nitrogens with zero attached hydrogens (tertiary/aromatic N) is 2. The Morgan fingerprint density at radius 1 is 1.24 bits per heavy atom. The average molecular weight is 294 g/mol. The lowest BCUT2D eigenvalue weighted by atomic mass is 10.0. The van der Waals surface area contributed by atoms with Crippen molar-refractivity contribution in [2.75, 3.05) is 31.6 Å². The number of anilines is 1. The van der Waals surface area contributed by atoms with Crippen LogP contribution in [0.5, 0.6) is 0 Å². The summed E-state index contributed by atoms with van der Waals surface area (Å²) in [5.74, 6) is 4.63. The molecule has 5 nitrogen and oxygen atoms in total. The van der Waals surface area contributed by atoms with Crippen LogP contribution in [0.15, 0.2) is 18.2 Å². The Labute approximate surface area is 124 Å². The molecule has 3 N–H and O–H groups in total. The van der Waals surface area contributed by atoms with Gasteiger partial charge in [0.15, 0.2) is 0 Å². The van der Waals surface area contributed by atoms with Gasteiger partial charge in [0.25, 0.3) is 5.91 Å². The topological polar surface area (TPSA) is 61.6 Å². The summed E-state index contributed by atoms with van der Waals surface area (Å²) in [4.78, 5) is 16.6. The van der Waals surface area contributed by atoms with Gasteiger partial charge in [-0.1, -0.05) is 6.07 Å². The van der Waals surface area contributed by atoms with E-state index in [1.165, 1.54) is 12.1 Å². The fourth-order valence-corrected chi connectivity index (χ4v) is 2.60. The molecule has 0 radical (unpaired) electrons. The minimum atomic E-state index is -0.517. The van der Waals surface area contributed by atoms with Crippen molar-refractivity contribution >= 4 is 11.6 Å². The monoisotopic (exact) mass is 294 g/mol. The third kappa shape index (κ3) is 3.33. The Morgan fingerprint density at radius 2 is 1.86 bits per heavy atom. The van der Waals surface area contributed by atoms with E-state index in [1.807, 2.05) is 0 Å². The molecule has 1 amide bonds. The highest BCUT2D eigenvalue weighted by atomic mass is 19.1. The molecule has 0 aliphatic carbocycles. The van der Waals surface area contributed by atoms with E-state index in [0.29, 0.717) is 13.1 Å². The van der Waals surface area contributed by atoms with Crippen LogP contribution in [0.2, 0.25) is 0 Å². The van der Waals surface area contributed by atoms with Crippen LogP contribution >= 0.6 is 0 Å². The lowest BCUT2D eigenvalue weighted by Gasteiger charge is -2.42. The molecule has 1 aromatic carbocycles. The van der Waals surface area contributed by atoms with E-state index in [-0.39, 0.29) is 22.7 Å². The second kappa shape index (κ2) is 5.99. The summed E-state index contributed by atoms with van der Waals surface area (Å²) >= 11 is 0. The zero-order chi connectivity index (χ0) is 15.6. The number of carbonyl (C=O) groups excluding carboxylic acids is 1. The number of halogens is 1. The minimum absolute atomic E-state index is 0.0563. The van der Waals surface area contributed by atoms with Gasteiger partial charge < -0.3 is 10.3 Å². The van der Waals surface area contributed by atoms with Gasteiger partial charge in [-0.2, -0.15) is 0 Å². The molecule has 1 aliphatic heterocycles. The first-order valence-corrected chi connectivity index (χ1v) is 7.14. The molecule has 1 fully saturated rings. The van der Waals surface area contributed by atoms with Gasteiger partial charge in [0.05, 0.1) is 11.3 Å². The van der Waals surface area contributed by atoms with E-state index in [2.05, 4.69) is 31.1 Å². The number of piperazine rings is 1. The van der Waals surface area contributed by atoms with Crippen molar-refractivity contribution in [3.05, 3.63) is 29.6 Å². The molecule has 116 valence electrons. The normalized spacial score (nSPS) is 16.9. The first-order chi connectivity index (χ1) is 9.84. The van der Waals surface area contributed by atoms with Gasteiger partial charge in [0, 0.05) is 31.7 Å². The number of carbonyl (C=O) groups is 1. The van der Waals surface area contributed by atoms with Crippen LogP contribution in [0, 0.1) is 5.82 Å². The van der Waals surface area contributed by atoms with Crippen LogP contribution in [0.4, 0.5) is 10.1 Å². The number of hydrogen-bond acceptors (Lipinski definition) is 4. The summed E-state index contributed by atoms with van der Waals surface area (Å²) in [5, 5.41) is 0. The molecule has 1 aromatic rings. The Kier molecular flexibility index (Phi) is 4.49. The molecule has 0 unspecified atom stereocenters. The number of amides is 1. The molecule has 0 saturated carbocycles. The molecule has 21 heavy (non-hydrogen) atoms. The third-order valence-electron chi connectivity index (χ3n) is 3.90. The predicted octanol–water partition coefficient (Wildman–Crippen LogP) is 1.67. The number of nitrogens with two attached hydrogens (primary N) is 1. The van der Waals surface area contributed by atoms with Crippen LogP contribution in [0.3, 0.4) is 0 Å². The summed E-state index contributed by atoms with van der Waals surface area (Å²) < 4.78 is 13.7. The van der Waals surface area contributed by atoms with Crippen molar-refractivity contribution in [1.82, 2.24) is 9.80 Å². The molecule has 0 atom stereocenters. The predicted molar refractivity (Wildman–Crippen MR) is 81.4 cm³/mol. The van der Waals surface area contributed by atoms with Crippen molar-refractivity contribution in [3.8, 4) is 0 Å². The second-order valence-electron chi connectivity index (χ2n) is 6.26. The smallest absolute Gasteiger partial charge is 0.256 e. The Hall–Kier alpha value is -1.66. The number of hydrazine groups is 1. The molecular formula is C15H23FN4O. The largest absolute Gasteiger partial charge is 0.336 e. The summed E-state index contributed by atoms with van der Waals surface area (Å²) in [6.45, 7) is 9.38. The van der Waals surface area contributed by atoms with Crippen LogP contribution in [0.1, 0.15) is 31.1 Å². The van der Waals surface area contributed by atoms with E-state index in [1.54, 1.807) is 11.0 Å². The molecule has 6 heteroatoms. The molecular weight excluding hydrogens is 271 g/mol. The van der Waals surface area contributed by atoms with E-state index >= 15 is 0 Å². The van der Waals surface area contributed by atoms with E-state index in [9.17, 15) is 9.18 Å². The minimum Gasteiger partial charge on any atom is -0.336 e. The first kappa shape index (κ1) is 15.7. The highest BCUT2D eigenvalue weighted by Gasteiger charge is 2.29. The highest BCUT2D eigenvalue weighted by Crippen LogP contribution is 2.22. The average Bonchev–Trinajstić information content (AvgIpc) is 2.45. The van der Waals surface area contributed by atoms with Crippen LogP contribution < -0.4 is 11.3 Å². The maximum Gasteiger partial charge on any atom is 0.256 e. The lowest BCUT2D eigenvalue weighted by Crippen LogP contribution is -2.54.